The van der Waals surface area contributed by atoms with E-state index in [1.54, 1.807) is 12.1 Å². The van der Waals surface area contributed by atoms with Gasteiger partial charge in [0.2, 0.25) is 0 Å². The second kappa shape index (κ2) is 8.53. The maximum absolute atomic E-state index is 11.8. The van der Waals surface area contributed by atoms with Crippen molar-refractivity contribution in [3.63, 3.8) is 0 Å². The van der Waals surface area contributed by atoms with Crippen LogP contribution in [0.25, 0.3) is 0 Å². The van der Waals surface area contributed by atoms with Crippen molar-refractivity contribution < 1.29 is 9.53 Å². The van der Waals surface area contributed by atoms with Crippen LogP contribution in [0.4, 0.5) is 5.69 Å². The van der Waals surface area contributed by atoms with Gasteiger partial charge in [0, 0.05) is 0 Å². The van der Waals surface area contributed by atoms with Crippen LogP contribution in [0.3, 0.4) is 0 Å². The van der Waals surface area contributed by atoms with Crippen molar-refractivity contribution in [3.05, 3.63) is 57.0 Å². The third kappa shape index (κ3) is 5.53. The summed E-state index contributed by atoms with van der Waals surface area (Å²) in [6.45, 7) is 1.80. The fourth-order valence-corrected chi connectivity index (χ4v) is 2.54. The lowest BCUT2D eigenvalue weighted by molar-refractivity contribution is -0.121. The van der Waals surface area contributed by atoms with E-state index in [-0.39, 0.29) is 11.7 Å². The summed E-state index contributed by atoms with van der Waals surface area (Å²) in [4.78, 5) is 11.8. The molecule has 0 bridgehead atoms. The number of halogens is 3. The van der Waals surface area contributed by atoms with Crippen LogP contribution in [0.2, 0.25) is 15.1 Å². The van der Waals surface area contributed by atoms with Crippen LogP contribution in [-0.4, -0.2) is 17.6 Å². The molecule has 0 aliphatic heterocycles. The minimum atomic E-state index is -0.399. The molecule has 2 aromatic carbocycles. The zero-order chi connectivity index (χ0) is 17.7. The number of rotatable bonds is 4. The Kier molecular flexibility index (Phi) is 6.69. The molecule has 0 fully saturated rings. The molecule has 0 unspecified atom stereocenters. The van der Waals surface area contributed by atoms with E-state index in [1.807, 2.05) is 19.1 Å². The van der Waals surface area contributed by atoms with Gasteiger partial charge in [-0.2, -0.15) is 0 Å². The highest BCUT2D eigenvalue weighted by molar-refractivity contribution is 7.80. The number of hydrogen-bond acceptors (Lipinski definition) is 3. The Balaban J connectivity index is 1.86. The van der Waals surface area contributed by atoms with Gasteiger partial charge in [0.05, 0.1) is 20.8 Å². The molecular formula is C16H13Cl3N2O2S. The number of benzene rings is 2. The molecule has 0 saturated carbocycles. The number of aryl methyl sites for hydroxylation is 1. The summed E-state index contributed by atoms with van der Waals surface area (Å²) in [5.74, 6) is 0.200. The van der Waals surface area contributed by atoms with Gasteiger partial charge >= 0.3 is 0 Å². The first-order valence-corrected chi connectivity index (χ1v) is 8.34. The molecule has 0 radical (unpaired) electrons. The summed E-state index contributed by atoms with van der Waals surface area (Å²) in [5, 5.41) is 6.33. The third-order valence-corrected chi connectivity index (χ3v) is 4.14. The number of anilines is 1. The van der Waals surface area contributed by atoms with E-state index in [0.717, 1.165) is 5.56 Å². The van der Waals surface area contributed by atoms with Gasteiger partial charge in [-0.3, -0.25) is 10.1 Å². The van der Waals surface area contributed by atoms with Crippen molar-refractivity contribution in [1.82, 2.24) is 5.32 Å². The summed E-state index contributed by atoms with van der Waals surface area (Å²) in [6.07, 6.45) is 0. The highest BCUT2D eigenvalue weighted by Crippen LogP contribution is 2.32. The Morgan fingerprint density at radius 1 is 1.08 bits per heavy atom. The van der Waals surface area contributed by atoms with Crippen LogP contribution in [0.15, 0.2) is 36.4 Å². The zero-order valence-corrected chi connectivity index (χ0v) is 15.6. The molecule has 2 aromatic rings. The first-order chi connectivity index (χ1) is 11.3. The molecule has 0 atom stereocenters. The maximum atomic E-state index is 11.8. The van der Waals surface area contributed by atoms with Gasteiger partial charge in [-0.1, -0.05) is 52.5 Å². The lowest BCUT2D eigenvalue weighted by Crippen LogP contribution is -2.37. The van der Waals surface area contributed by atoms with Crippen LogP contribution >= 0.6 is 47.0 Å². The molecule has 0 aliphatic carbocycles. The monoisotopic (exact) mass is 402 g/mol. The number of nitrogens with one attached hydrogen (secondary N) is 2. The molecule has 0 spiro atoms. The van der Waals surface area contributed by atoms with E-state index in [2.05, 4.69) is 10.6 Å². The summed E-state index contributed by atoms with van der Waals surface area (Å²) in [7, 11) is 0. The predicted molar refractivity (Wildman–Crippen MR) is 103 cm³/mol. The molecule has 0 saturated heterocycles. The number of carbonyl (C=O) groups is 1. The highest BCUT2D eigenvalue weighted by Gasteiger charge is 2.10. The molecule has 0 heterocycles. The summed E-state index contributed by atoms with van der Waals surface area (Å²) in [5.41, 5.74) is 1.55. The van der Waals surface area contributed by atoms with Crippen molar-refractivity contribution in [3.8, 4) is 5.75 Å². The topological polar surface area (TPSA) is 50.4 Å². The number of hydrogen-bond donors (Lipinski definition) is 2. The van der Waals surface area contributed by atoms with Gasteiger partial charge in [-0.05, 0) is 43.4 Å². The van der Waals surface area contributed by atoms with Gasteiger partial charge in [0.25, 0.3) is 5.91 Å². The molecule has 0 aromatic heterocycles. The van der Waals surface area contributed by atoms with Crippen molar-refractivity contribution in [2.75, 3.05) is 11.9 Å². The average Bonchev–Trinajstić information content (AvgIpc) is 2.52. The number of ether oxygens (including phenoxy) is 1. The second-order valence-corrected chi connectivity index (χ2v) is 6.48. The van der Waals surface area contributed by atoms with Crippen LogP contribution in [0, 0.1) is 6.92 Å². The molecule has 0 aliphatic rings. The molecule has 24 heavy (non-hydrogen) atoms. The van der Waals surface area contributed by atoms with Gasteiger partial charge in [0.15, 0.2) is 11.7 Å². The molecule has 1 amide bonds. The van der Waals surface area contributed by atoms with Crippen LogP contribution in [0.1, 0.15) is 5.56 Å². The van der Waals surface area contributed by atoms with Crippen molar-refractivity contribution in [1.29, 1.82) is 0 Å². The Hall–Kier alpha value is -1.53. The summed E-state index contributed by atoms with van der Waals surface area (Å²) >= 11 is 22.9. The maximum Gasteiger partial charge on any atom is 0.264 e. The molecule has 4 nitrogen and oxygen atoms in total. The lowest BCUT2D eigenvalue weighted by atomic mass is 10.2. The van der Waals surface area contributed by atoms with E-state index in [1.165, 1.54) is 12.1 Å². The summed E-state index contributed by atoms with van der Waals surface area (Å²) < 4.78 is 5.37. The minimum absolute atomic E-state index is 0.0767. The van der Waals surface area contributed by atoms with Crippen LogP contribution in [0.5, 0.6) is 5.75 Å². The molecular weight excluding hydrogens is 391 g/mol. The van der Waals surface area contributed by atoms with Crippen molar-refractivity contribution in [2.45, 2.75) is 6.92 Å². The van der Waals surface area contributed by atoms with Crippen molar-refractivity contribution in [2.24, 2.45) is 0 Å². The molecule has 2 N–H and O–H groups in total. The van der Waals surface area contributed by atoms with E-state index >= 15 is 0 Å². The first kappa shape index (κ1) is 18.8. The fourth-order valence-electron chi connectivity index (χ4n) is 1.72. The van der Waals surface area contributed by atoms with Gasteiger partial charge in [0.1, 0.15) is 5.75 Å². The Labute approximate surface area is 160 Å². The third-order valence-electron chi connectivity index (χ3n) is 2.90. The molecule has 126 valence electrons. The lowest BCUT2D eigenvalue weighted by Gasteiger charge is -2.12. The van der Waals surface area contributed by atoms with Crippen LogP contribution < -0.4 is 15.4 Å². The minimum Gasteiger partial charge on any atom is -0.484 e. The first-order valence-electron chi connectivity index (χ1n) is 6.80. The Bertz CT molecular complexity index is 767. The number of thiocarbonyl (C=S) groups is 1. The SMILES string of the molecule is Cc1ccc(OCC(=O)NC(=S)Nc2cc(Cl)c(Cl)cc2Cl)cc1. The fraction of sp³-hybridized carbons (Fsp3) is 0.125. The zero-order valence-electron chi connectivity index (χ0n) is 12.5. The van der Waals surface area contributed by atoms with Gasteiger partial charge < -0.3 is 10.1 Å². The summed E-state index contributed by atoms with van der Waals surface area (Å²) in [6, 6.07) is 10.4. The van der Waals surface area contributed by atoms with Gasteiger partial charge in [-0.15, -0.1) is 0 Å². The predicted octanol–water partition coefficient (Wildman–Crippen LogP) is 4.85. The quantitative estimate of drug-likeness (QED) is 0.566. The molecule has 8 heteroatoms. The van der Waals surface area contributed by atoms with Crippen LogP contribution in [-0.2, 0) is 4.79 Å². The second-order valence-electron chi connectivity index (χ2n) is 4.85. The molecule has 2 rings (SSSR count). The largest absolute Gasteiger partial charge is 0.484 e. The van der Waals surface area contributed by atoms with E-state index in [0.29, 0.717) is 26.5 Å². The Morgan fingerprint density at radius 2 is 1.71 bits per heavy atom. The van der Waals surface area contributed by atoms with Crippen molar-refractivity contribution >= 4 is 63.7 Å². The average molecular weight is 404 g/mol. The van der Waals surface area contributed by atoms with Gasteiger partial charge in [-0.25, -0.2) is 0 Å². The van der Waals surface area contributed by atoms with E-state index < -0.39 is 5.91 Å². The normalized spacial score (nSPS) is 10.2. The highest BCUT2D eigenvalue weighted by atomic mass is 35.5. The Morgan fingerprint density at radius 3 is 2.38 bits per heavy atom. The number of carbonyl (C=O) groups excluding carboxylic acids is 1. The smallest absolute Gasteiger partial charge is 0.264 e. The van der Waals surface area contributed by atoms with E-state index in [9.17, 15) is 4.79 Å². The van der Waals surface area contributed by atoms with E-state index in [4.69, 9.17) is 51.8 Å². The standard InChI is InChI=1S/C16H13Cl3N2O2S/c1-9-2-4-10(5-3-9)23-8-15(22)21-16(24)20-14-7-12(18)11(17)6-13(14)19/h2-7H,8H2,1H3,(H2,20,21,22,24). The number of amides is 1.